The van der Waals surface area contributed by atoms with Gasteiger partial charge in [0.2, 0.25) is 0 Å². The second-order valence-corrected chi connectivity index (χ2v) is 6.21. The Hall–Kier alpha value is -0.0900. The van der Waals surface area contributed by atoms with Crippen molar-refractivity contribution in [2.45, 2.75) is 31.8 Å². The molecule has 94 valence electrons. The highest BCUT2D eigenvalue weighted by Gasteiger charge is 2.41. The normalized spacial score (nSPS) is 28.6. The number of benzene rings is 1. The molecule has 17 heavy (non-hydrogen) atoms. The van der Waals surface area contributed by atoms with Crippen molar-refractivity contribution in [1.29, 1.82) is 0 Å². The first-order valence-electron chi connectivity index (χ1n) is 5.89. The minimum absolute atomic E-state index is 0.183. The van der Waals surface area contributed by atoms with Gasteiger partial charge in [-0.05, 0) is 37.0 Å². The Morgan fingerprint density at radius 1 is 1.53 bits per heavy atom. The molecule has 2 rings (SSSR count). The van der Waals surface area contributed by atoms with E-state index in [0.29, 0.717) is 6.54 Å². The minimum atomic E-state index is -0.299. The van der Waals surface area contributed by atoms with Crippen LogP contribution in [0.2, 0.25) is 5.02 Å². The average molecular weight is 319 g/mol. The van der Waals surface area contributed by atoms with Gasteiger partial charge in [-0.2, -0.15) is 0 Å². The van der Waals surface area contributed by atoms with Crippen molar-refractivity contribution in [3.63, 3.8) is 0 Å². The molecule has 2 unspecified atom stereocenters. The van der Waals surface area contributed by atoms with Crippen molar-refractivity contribution in [2.75, 3.05) is 6.54 Å². The van der Waals surface area contributed by atoms with Gasteiger partial charge in [0.1, 0.15) is 0 Å². The predicted molar refractivity (Wildman–Crippen MR) is 74.2 cm³/mol. The molecule has 1 aromatic carbocycles. The molecule has 0 heterocycles. The molecule has 0 aliphatic heterocycles. The summed E-state index contributed by atoms with van der Waals surface area (Å²) in [4.78, 5) is 0. The zero-order valence-electron chi connectivity index (χ0n) is 9.63. The Labute approximate surface area is 115 Å². The third kappa shape index (κ3) is 2.68. The molecule has 0 spiro atoms. The van der Waals surface area contributed by atoms with Gasteiger partial charge in [0, 0.05) is 21.5 Å². The Balaban J connectivity index is 2.24. The topological polar surface area (TPSA) is 46.2 Å². The Bertz CT molecular complexity index is 412. The van der Waals surface area contributed by atoms with E-state index in [0.717, 1.165) is 40.7 Å². The van der Waals surface area contributed by atoms with E-state index in [1.54, 1.807) is 0 Å². The van der Waals surface area contributed by atoms with Crippen molar-refractivity contribution in [3.05, 3.63) is 33.3 Å². The number of halogens is 2. The molecule has 0 aromatic heterocycles. The molecule has 1 fully saturated rings. The summed E-state index contributed by atoms with van der Waals surface area (Å²) in [5, 5.41) is 10.9. The molecule has 1 saturated carbocycles. The molecule has 1 aliphatic carbocycles. The second-order valence-electron chi connectivity index (χ2n) is 4.89. The van der Waals surface area contributed by atoms with Gasteiger partial charge >= 0.3 is 0 Å². The van der Waals surface area contributed by atoms with Crippen LogP contribution in [0.5, 0.6) is 0 Å². The molecule has 0 amide bonds. The largest absolute Gasteiger partial charge is 0.392 e. The van der Waals surface area contributed by atoms with Crippen LogP contribution in [0, 0.1) is 5.41 Å². The first-order chi connectivity index (χ1) is 8.07. The number of aliphatic hydroxyl groups is 1. The van der Waals surface area contributed by atoms with E-state index < -0.39 is 0 Å². The summed E-state index contributed by atoms with van der Waals surface area (Å²) in [6.45, 7) is 0.514. The summed E-state index contributed by atoms with van der Waals surface area (Å²) >= 11 is 9.61. The standard InChI is InChI=1S/C13H17BrClNO/c14-10-4-3-9(11(15)6-10)7-13(8-16)5-1-2-12(13)17/h3-4,6,12,17H,1-2,5,7-8,16H2. The van der Waals surface area contributed by atoms with Crippen LogP contribution in [-0.2, 0) is 6.42 Å². The molecule has 1 aromatic rings. The van der Waals surface area contributed by atoms with Gasteiger partial charge in [0.05, 0.1) is 6.10 Å². The first-order valence-corrected chi connectivity index (χ1v) is 7.06. The molecular weight excluding hydrogens is 302 g/mol. The van der Waals surface area contributed by atoms with E-state index in [1.165, 1.54) is 0 Å². The van der Waals surface area contributed by atoms with Crippen LogP contribution in [0.3, 0.4) is 0 Å². The molecule has 0 radical (unpaired) electrons. The van der Waals surface area contributed by atoms with Gasteiger partial charge in [-0.3, -0.25) is 0 Å². The number of hydrogen-bond donors (Lipinski definition) is 2. The molecule has 2 nitrogen and oxygen atoms in total. The lowest BCUT2D eigenvalue weighted by Gasteiger charge is -2.31. The highest BCUT2D eigenvalue weighted by Crippen LogP contribution is 2.41. The van der Waals surface area contributed by atoms with Crippen LogP contribution in [0.1, 0.15) is 24.8 Å². The van der Waals surface area contributed by atoms with Crippen LogP contribution >= 0.6 is 27.5 Å². The lowest BCUT2D eigenvalue weighted by molar-refractivity contribution is 0.0588. The van der Waals surface area contributed by atoms with Crippen molar-refractivity contribution >= 4 is 27.5 Å². The average Bonchev–Trinajstić information content (AvgIpc) is 2.65. The number of rotatable bonds is 3. The number of hydrogen-bond acceptors (Lipinski definition) is 2. The van der Waals surface area contributed by atoms with E-state index in [4.69, 9.17) is 17.3 Å². The zero-order valence-corrected chi connectivity index (χ0v) is 12.0. The Morgan fingerprint density at radius 2 is 2.29 bits per heavy atom. The number of nitrogens with two attached hydrogens (primary N) is 1. The third-order valence-electron chi connectivity index (χ3n) is 3.82. The monoisotopic (exact) mass is 317 g/mol. The van der Waals surface area contributed by atoms with Crippen LogP contribution in [0.25, 0.3) is 0 Å². The van der Waals surface area contributed by atoms with Crippen molar-refractivity contribution < 1.29 is 5.11 Å². The van der Waals surface area contributed by atoms with Crippen molar-refractivity contribution in [2.24, 2.45) is 11.1 Å². The van der Waals surface area contributed by atoms with Gasteiger partial charge in [-0.1, -0.05) is 40.0 Å². The first kappa shape index (κ1) is 13.3. The van der Waals surface area contributed by atoms with Gasteiger partial charge in [-0.15, -0.1) is 0 Å². The fourth-order valence-corrected chi connectivity index (χ4v) is 3.42. The molecule has 0 saturated heterocycles. The second kappa shape index (κ2) is 5.27. The van der Waals surface area contributed by atoms with Crippen LogP contribution < -0.4 is 5.73 Å². The van der Waals surface area contributed by atoms with Gasteiger partial charge in [0.25, 0.3) is 0 Å². The summed E-state index contributed by atoms with van der Waals surface area (Å²) in [6, 6.07) is 5.88. The van der Waals surface area contributed by atoms with Gasteiger partial charge < -0.3 is 10.8 Å². The summed E-state index contributed by atoms with van der Waals surface area (Å²) in [5.74, 6) is 0. The van der Waals surface area contributed by atoms with E-state index in [2.05, 4.69) is 15.9 Å². The lowest BCUT2D eigenvalue weighted by Crippen LogP contribution is -2.39. The van der Waals surface area contributed by atoms with Crippen molar-refractivity contribution in [1.82, 2.24) is 0 Å². The van der Waals surface area contributed by atoms with Gasteiger partial charge in [0.15, 0.2) is 0 Å². The van der Waals surface area contributed by atoms with Crippen LogP contribution in [0.15, 0.2) is 22.7 Å². The predicted octanol–water partition coefficient (Wildman–Crippen LogP) is 3.13. The Morgan fingerprint density at radius 3 is 2.82 bits per heavy atom. The summed E-state index contributed by atoms with van der Waals surface area (Å²) in [5.41, 5.74) is 6.76. The fourth-order valence-electron chi connectivity index (χ4n) is 2.68. The lowest BCUT2D eigenvalue weighted by atomic mass is 9.78. The third-order valence-corrected chi connectivity index (χ3v) is 4.67. The van der Waals surface area contributed by atoms with Crippen LogP contribution in [-0.4, -0.2) is 17.8 Å². The summed E-state index contributed by atoms with van der Waals surface area (Å²) in [6.07, 6.45) is 3.35. The maximum absolute atomic E-state index is 10.1. The molecular formula is C13H17BrClNO. The quantitative estimate of drug-likeness (QED) is 0.899. The maximum atomic E-state index is 10.1. The van der Waals surface area contributed by atoms with E-state index >= 15 is 0 Å². The summed E-state index contributed by atoms with van der Waals surface area (Å²) < 4.78 is 0.972. The maximum Gasteiger partial charge on any atom is 0.0611 e. The zero-order chi connectivity index (χ0) is 12.5. The van der Waals surface area contributed by atoms with E-state index in [1.807, 2.05) is 18.2 Å². The highest BCUT2D eigenvalue weighted by atomic mass is 79.9. The molecule has 3 N–H and O–H groups in total. The molecule has 4 heteroatoms. The highest BCUT2D eigenvalue weighted by molar-refractivity contribution is 9.10. The molecule has 2 atom stereocenters. The number of aliphatic hydroxyl groups excluding tert-OH is 1. The van der Waals surface area contributed by atoms with E-state index in [9.17, 15) is 5.11 Å². The molecule has 1 aliphatic rings. The van der Waals surface area contributed by atoms with Crippen LogP contribution in [0.4, 0.5) is 0 Å². The van der Waals surface area contributed by atoms with Gasteiger partial charge in [-0.25, -0.2) is 0 Å². The smallest absolute Gasteiger partial charge is 0.0611 e. The summed E-state index contributed by atoms with van der Waals surface area (Å²) in [7, 11) is 0. The van der Waals surface area contributed by atoms with Crippen molar-refractivity contribution in [3.8, 4) is 0 Å². The molecule has 0 bridgehead atoms. The minimum Gasteiger partial charge on any atom is -0.392 e. The van der Waals surface area contributed by atoms with E-state index in [-0.39, 0.29) is 11.5 Å². The SMILES string of the molecule is NCC1(Cc2ccc(Br)cc2Cl)CCCC1O. The fraction of sp³-hybridized carbons (Fsp3) is 0.538. The Kier molecular flexibility index (Phi) is 4.14.